The van der Waals surface area contributed by atoms with Crippen LogP contribution < -0.4 is 14.2 Å². The van der Waals surface area contributed by atoms with Crippen molar-refractivity contribution >= 4 is 0 Å². The maximum absolute atomic E-state index is 5.80. The summed E-state index contributed by atoms with van der Waals surface area (Å²) in [7, 11) is 0. The minimum atomic E-state index is -0.291. The average Bonchev–Trinajstić information content (AvgIpc) is 2.96. The van der Waals surface area contributed by atoms with E-state index >= 15 is 0 Å². The third-order valence-electron chi connectivity index (χ3n) is 2.35. The van der Waals surface area contributed by atoms with Crippen molar-refractivity contribution in [2.75, 3.05) is 0 Å². The number of rotatable bonds is 5. The largest absolute Gasteiger partial charge is 0.490 e. The van der Waals surface area contributed by atoms with Crippen LogP contribution in [0.1, 0.15) is 47.5 Å². The molecule has 1 saturated carbocycles. The number of aromatic nitrogens is 1. The molecule has 0 spiro atoms. The maximum atomic E-state index is 5.80. The van der Waals surface area contributed by atoms with Crippen LogP contribution in [0.3, 0.4) is 0 Å². The number of hydrogen-bond donors (Lipinski definition) is 0. The molecule has 0 saturated heterocycles. The molecule has 0 aromatic carbocycles. The van der Waals surface area contributed by atoms with Gasteiger partial charge in [0.2, 0.25) is 11.8 Å². The summed E-state index contributed by atoms with van der Waals surface area (Å²) in [5, 5.41) is 0. The van der Waals surface area contributed by atoms with Crippen molar-refractivity contribution in [2.45, 2.75) is 65.3 Å². The number of hydrogen-bond acceptors (Lipinski definition) is 4. The first-order chi connectivity index (χ1) is 8.82. The van der Waals surface area contributed by atoms with Crippen molar-refractivity contribution in [3.05, 3.63) is 12.1 Å². The molecule has 1 aromatic heterocycles. The van der Waals surface area contributed by atoms with Gasteiger partial charge in [-0.2, -0.15) is 4.98 Å². The Labute approximate surface area is 115 Å². The molecule has 4 nitrogen and oxygen atoms in total. The summed E-state index contributed by atoms with van der Waals surface area (Å²) in [5.74, 6) is 1.86. The highest BCUT2D eigenvalue weighted by atomic mass is 16.5. The zero-order valence-electron chi connectivity index (χ0n) is 12.4. The van der Waals surface area contributed by atoms with Crippen LogP contribution >= 0.6 is 0 Å². The van der Waals surface area contributed by atoms with Crippen LogP contribution in [0.15, 0.2) is 12.1 Å². The van der Waals surface area contributed by atoms with E-state index in [0.717, 1.165) is 18.6 Å². The molecule has 0 radical (unpaired) electrons. The Balaban J connectivity index is 2.19. The van der Waals surface area contributed by atoms with E-state index in [4.69, 9.17) is 14.2 Å². The Bertz CT molecular complexity index is 411. The van der Waals surface area contributed by atoms with Crippen LogP contribution in [0.2, 0.25) is 0 Å². The van der Waals surface area contributed by atoms with Gasteiger partial charge in [0.1, 0.15) is 11.4 Å². The summed E-state index contributed by atoms with van der Waals surface area (Å²) in [6.45, 7) is 9.92. The van der Waals surface area contributed by atoms with Gasteiger partial charge in [-0.3, -0.25) is 0 Å². The van der Waals surface area contributed by atoms with Crippen molar-refractivity contribution in [1.29, 1.82) is 0 Å². The van der Waals surface area contributed by atoms with Crippen LogP contribution in [-0.2, 0) is 0 Å². The first-order valence-corrected chi connectivity index (χ1v) is 6.86. The number of ether oxygens (including phenoxy) is 3. The molecule has 106 valence electrons. The van der Waals surface area contributed by atoms with E-state index in [1.54, 1.807) is 0 Å². The summed E-state index contributed by atoms with van der Waals surface area (Å²) in [6.07, 6.45) is 2.67. The lowest BCUT2D eigenvalue weighted by atomic mass is 10.2. The third-order valence-corrected chi connectivity index (χ3v) is 2.35. The molecule has 0 unspecified atom stereocenters. The lowest BCUT2D eigenvalue weighted by Gasteiger charge is -2.21. The Morgan fingerprint density at radius 3 is 2.32 bits per heavy atom. The summed E-state index contributed by atoms with van der Waals surface area (Å²) < 4.78 is 17.2. The van der Waals surface area contributed by atoms with E-state index in [1.807, 2.05) is 46.8 Å². The van der Waals surface area contributed by atoms with Gasteiger partial charge in [0.25, 0.3) is 0 Å². The molecule has 1 aromatic rings. The van der Waals surface area contributed by atoms with Crippen molar-refractivity contribution in [1.82, 2.24) is 4.98 Å². The zero-order valence-corrected chi connectivity index (χ0v) is 12.4. The van der Waals surface area contributed by atoms with Gasteiger partial charge in [0.05, 0.1) is 12.2 Å². The fourth-order valence-corrected chi connectivity index (χ4v) is 1.57. The van der Waals surface area contributed by atoms with E-state index in [2.05, 4.69) is 4.98 Å². The SMILES string of the molecule is CC(C)Oc1cc(OC2CC2)cc(OC(C)(C)C)n1. The molecule has 1 heterocycles. The van der Waals surface area contributed by atoms with E-state index in [-0.39, 0.29) is 11.7 Å². The van der Waals surface area contributed by atoms with Crippen molar-refractivity contribution < 1.29 is 14.2 Å². The van der Waals surface area contributed by atoms with Crippen molar-refractivity contribution in [3.63, 3.8) is 0 Å². The van der Waals surface area contributed by atoms with Crippen LogP contribution in [0.4, 0.5) is 0 Å². The fraction of sp³-hybridized carbons (Fsp3) is 0.667. The van der Waals surface area contributed by atoms with Gasteiger partial charge in [-0.25, -0.2) is 0 Å². The van der Waals surface area contributed by atoms with Crippen molar-refractivity contribution in [2.24, 2.45) is 0 Å². The van der Waals surface area contributed by atoms with Crippen molar-refractivity contribution in [3.8, 4) is 17.5 Å². The molecular weight excluding hydrogens is 242 g/mol. The first-order valence-electron chi connectivity index (χ1n) is 6.86. The first kappa shape index (κ1) is 14.0. The molecule has 0 amide bonds. The van der Waals surface area contributed by atoms with E-state index in [9.17, 15) is 0 Å². The van der Waals surface area contributed by atoms with Crippen LogP contribution in [0.5, 0.6) is 17.5 Å². The van der Waals surface area contributed by atoms with Crippen LogP contribution in [0, 0.1) is 0 Å². The van der Waals surface area contributed by atoms with Gasteiger partial charge in [-0.15, -0.1) is 0 Å². The van der Waals surface area contributed by atoms with E-state index in [1.165, 1.54) is 0 Å². The van der Waals surface area contributed by atoms with Crippen LogP contribution in [-0.4, -0.2) is 22.8 Å². The average molecular weight is 265 g/mol. The normalized spacial score (nSPS) is 15.5. The second kappa shape index (κ2) is 5.27. The van der Waals surface area contributed by atoms with E-state index in [0.29, 0.717) is 17.9 Å². The quantitative estimate of drug-likeness (QED) is 0.815. The number of nitrogens with zero attached hydrogens (tertiary/aromatic N) is 1. The van der Waals surface area contributed by atoms with Gasteiger partial charge >= 0.3 is 0 Å². The maximum Gasteiger partial charge on any atom is 0.220 e. The zero-order chi connectivity index (χ0) is 14.0. The predicted octanol–water partition coefficient (Wildman–Crippen LogP) is 3.59. The second-order valence-corrected chi connectivity index (χ2v) is 6.18. The highest BCUT2D eigenvalue weighted by Gasteiger charge is 2.24. The molecule has 1 aliphatic rings. The Morgan fingerprint density at radius 2 is 1.79 bits per heavy atom. The summed E-state index contributed by atoms with van der Waals surface area (Å²) in [6, 6.07) is 3.66. The second-order valence-electron chi connectivity index (χ2n) is 6.18. The van der Waals surface area contributed by atoms with Crippen LogP contribution in [0.25, 0.3) is 0 Å². The minimum absolute atomic E-state index is 0.0751. The molecular formula is C15H23NO3. The molecule has 0 bridgehead atoms. The smallest absolute Gasteiger partial charge is 0.220 e. The lowest BCUT2D eigenvalue weighted by Crippen LogP contribution is -2.23. The fourth-order valence-electron chi connectivity index (χ4n) is 1.57. The highest BCUT2D eigenvalue weighted by molar-refractivity contribution is 5.34. The Morgan fingerprint density at radius 1 is 1.16 bits per heavy atom. The standard InChI is InChI=1S/C15H23NO3/c1-10(2)17-13-8-12(18-11-6-7-11)9-14(16-13)19-15(3,4)5/h8-11H,6-7H2,1-5H3. The third kappa shape index (κ3) is 4.97. The molecule has 4 heteroatoms. The van der Waals surface area contributed by atoms with Gasteiger partial charge in [-0.05, 0) is 47.5 Å². The summed E-state index contributed by atoms with van der Waals surface area (Å²) in [5.41, 5.74) is -0.291. The predicted molar refractivity (Wildman–Crippen MR) is 74.0 cm³/mol. The van der Waals surface area contributed by atoms with Gasteiger partial charge in [0.15, 0.2) is 0 Å². The molecule has 0 atom stereocenters. The topological polar surface area (TPSA) is 40.6 Å². The number of pyridine rings is 1. The molecule has 19 heavy (non-hydrogen) atoms. The lowest BCUT2D eigenvalue weighted by molar-refractivity contribution is 0.120. The molecule has 1 fully saturated rings. The minimum Gasteiger partial charge on any atom is -0.490 e. The molecule has 0 aliphatic heterocycles. The summed E-state index contributed by atoms with van der Waals surface area (Å²) >= 11 is 0. The monoisotopic (exact) mass is 265 g/mol. The molecule has 0 N–H and O–H groups in total. The highest BCUT2D eigenvalue weighted by Crippen LogP contribution is 2.32. The Kier molecular flexibility index (Phi) is 3.88. The Hall–Kier alpha value is -1.45. The summed E-state index contributed by atoms with van der Waals surface area (Å²) in [4.78, 5) is 4.36. The van der Waals surface area contributed by atoms with Gasteiger partial charge in [-0.1, -0.05) is 0 Å². The van der Waals surface area contributed by atoms with Gasteiger partial charge in [0, 0.05) is 12.1 Å². The van der Waals surface area contributed by atoms with Gasteiger partial charge < -0.3 is 14.2 Å². The molecule has 1 aliphatic carbocycles. The molecule has 2 rings (SSSR count). The van der Waals surface area contributed by atoms with E-state index < -0.39 is 0 Å².